The summed E-state index contributed by atoms with van der Waals surface area (Å²) in [5.74, 6) is 1.46. The van der Waals surface area contributed by atoms with E-state index in [1.165, 1.54) is 0 Å². The maximum Gasteiger partial charge on any atom is 0.223 e. The van der Waals surface area contributed by atoms with Crippen LogP contribution in [0.4, 0.5) is 0 Å². The van der Waals surface area contributed by atoms with Crippen molar-refractivity contribution in [3.63, 3.8) is 0 Å². The van der Waals surface area contributed by atoms with Gasteiger partial charge in [0.05, 0.1) is 25.0 Å². The minimum atomic E-state index is 0.225. The lowest BCUT2D eigenvalue weighted by Gasteiger charge is -2.21. The van der Waals surface area contributed by atoms with Gasteiger partial charge < -0.3 is 9.64 Å². The van der Waals surface area contributed by atoms with E-state index >= 15 is 0 Å². The largest absolute Gasteiger partial charge is 0.497 e. The van der Waals surface area contributed by atoms with Gasteiger partial charge in [0.1, 0.15) is 5.75 Å². The smallest absolute Gasteiger partial charge is 0.223 e. The molecule has 3 heterocycles. The molecule has 1 fully saturated rings. The Labute approximate surface area is 193 Å². The average Bonchev–Trinajstić information content (AvgIpc) is 3.58. The summed E-state index contributed by atoms with van der Waals surface area (Å²) in [5.41, 5.74) is 4.44. The fourth-order valence-corrected chi connectivity index (χ4v) is 4.91. The summed E-state index contributed by atoms with van der Waals surface area (Å²) in [6, 6.07) is 14.6. The van der Waals surface area contributed by atoms with Crippen LogP contribution in [0.25, 0.3) is 22.0 Å². The van der Waals surface area contributed by atoms with Gasteiger partial charge in [0, 0.05) is 42.7 Å². The van der Waals surface area contributed by atoms with E-state index in [-0.39, 0.29) is 11.9 Å². The summed E-state index contributed by atoms with van der Waals surface area (Å²) in [5, 5.41) is 12.7. The first-order chi connectivity index (χ1) is 16.1. The van der Waals surface area contributed by atoms with Crippen LogP contribution in [0.1, 0.15) is 25.3 Å². The fourth-order valence-electron chi connectivity index (χ4n) is 4.91. The van der Waals surface area contributed by atoms with Crippen molar-refractivity contribution in [1.29, 1.82) is 0 Å². The topological polar surface area (TPSA) is 76.0 Å². The van der Waals surface area contributed by atoms with Crippen LogP contribution in [-0.2, 0) is 17.8 Å². The number of benzene rings is 2. The van der Waals surface area contributed by atoms with Gasteiger partial charge in [-0.25, -0.2) is 0 Å². The summed E-state index contributed by atoms with van der Waals surface area (Å²) in [6.07, 6.45) is 7.89. The molecule has 2 atom stereocenters. The van der Waals surface area contributed by atoms with Gasteiger partial charge in [0.2, 0.25) is 5.91 Å². The number of H-pyrrole nitrogens is 1. The molecule has 1 amide bonds. The van der Waals surface area contributed by atoms with E-state index in [0.29, 0.717) is 12.3 Å². The Bertz CT molecular complexity index is 1250. The van der Waals surface area contributed by atoms with Crippen molar-refractivity contribution in [2.24, 2.45) is 5.92 Å². The molecule has 5 rings (SSSR count). The number of likely N-dealkylation sites (tertiary alicyclic amines) is 1. The van der Waals surface area contributed by atoms with Crippen LogP contribution in [0, 0.1) is 5.92 Å². The van der Waals surface area contributed by atoms with Crippen LogP contribution in [-0.4, -0.2) is 50.5 Å². The third-order valence-corrected chi connectivity index (χ3v) is 6.65. The number of aryl methyl sites for hydroxylation is 1. The lowest BCUT2D eigenvalue weighted by atomic mass is 10.1. The summed E-state index contributed by atoms with van der Waals surface area (Å²) < 4.78 is 7.37. The van der Waals surface area contributed by atoms with Crippen LogP contribution < -0.4 is 4.74 Å². The fraction of sp³-hybridized carbons (Fsp3) is 0.346. The molecule has 170 valence electrons. The number of nitrogens with zero attached hydrogens (tertiary/aromatic N) is 4. The number of carbonyl (C=O) groups is 1. The zero-order valence-corrected chi connectivity index (χ0v) is 19.1. The number of nitrogens with one attached hydrogen (secondary N) is 1. The Hall–Kier alpha value is -3.61. The van der Waals surface area contributed by atoms with Crippen LogP contribution in [0.2, 0.25) is 0 Å². The summed E-state index contributed by atoms with van der Waals surface area (Å²) in [4.78, 5) is 15.0. The molecular weight excluding hydrogens is 414 g/mol. The number of aromatic nitrogens is 4. The molecule has 1 aliphatic rings. The first-order valence-electron chi connectivity index (χ1n) is 11.5. The van der Waals surface area contributed by atoms with E-state index in [1.54, 1.807) is 7.11 Å². The van der Waals surface area contributed by atoms with Gasteiger partial charge in [-0.05, 0) is 61.1 Å². The molecule has 1 unspecified atom stereocenters. The van der Waals surface area contributed by atoms with Crippen LogP contribution >= 0.6 is 0 Å². The van der Waals surface area contributed by atoms with E-state index in [0.717, 1.165) is 59.3 Å². The molecule has 2 aromatic heterocycles. The molecule has 2 aromatic carbocycles. The Morgan fingerprint density at radius 2 is 2.09 bits per heavy atom. The summed E-state index contributed by atoms with van der Waals surface area (Å²) in [6.45, 7) is 3.76. The lowest BCUT2D eigenvalue weighted by Crippen LogP contribution is -2.34. The number of rotatable bonds is 7. The van der Waals surface area contributed by atoms with Gasteiger partial charge >= 0.3 is 0 Å². The summed E-state index contributed by atoms with van der Waals surface area (Å²) >= 11 is 0. The maximum absolute atomic E-state index is 13.0. The highest BCUT2D eigenvalue weighted by Gasteiger charge is 2.32. The zero-order valence-electron chi connectivity index (χ0n) is 19.1. The third kappa shape index (κ3) is 4.49. The first kappa shape index (κ1) is 21.2. The second kappa shape index (κ2) is 9.10. The maximum atomic E-state index is 13.0. The molecule has 4 aromatic rings. The Morgan fingerprint density at radius 3 is 2.91 bits per heavy atom. The van der Waals surface area contributed by atoms with Crippen molar-refractivity contribution in [2.75, 3.05) is 13.7 Å². The van der Waals surface area contributed by atoms with Gasteiger partial charge in [-0.3, -0.25) is 14.6 Å². The highest BCUT2D eigenvalue weighted by molar-refractivity contribution is 5.84. The number of carbonyl (C=O) groups excluding carboxylic acids is 1. The Morgan fingerprint density at radius 1 is 1.18 bits per heavy atom. The number of ether oxygens (including phenoxy) is 1. The second-order valence-electron chi connectivity index (χ2n) is 8.94. The van der Waals surface area contributed by atoms with E-state index in [9.17, 15) is 4.79 Å². The standard InChI is InChI=1S/C26H29N5O2/c1-18-10-20(16-30(18)26(32)9-6-19-4-3-5-24(11-19)33-2)17-31-25-8-7-21(12-22(25)15-29-31)23-13-27-28-14-23/h3-5,7-8,11-15,18,20H,6,9-10,16-17H2,1-2H3,(H,27,28)/t18-,20?/m1/s1. The van der Waals surface area contributed by atoms with E-state index in [4.69, 9.17) is 4.74 Å². The number of hydrogen-bond acceptors (Lipinski definition) is 4. The molecule has 0 radical (unpaired) electrons. The van der Waals surface area contributed by atoms with Gasteiger partial charge in [0.15, 0.2) is 0 Å². The highest BCUT2D eigenvalue weighted by atomic mass is 16.5. The van der Waals surface area contributed by atoms with Crippen molar-refractivity contribution in [2.45, 2.75) is 38.8 Å². The van der Waals surface area contributed by atoms with Gasteiger partial charge in [-0.2, -0.15) is 10.2 Å². The molecule has 7 heteroatoms. The molecule has 0 spiro atoms. The van der Waals surface area contributed by atoms with Crippen molar-refractivity contribution in [3.8, 4) is 16.9 Å². The third-order valence-electron chi connectivity index (χ3n) is 6.65. The quantitative estimate of drug-likeness (QED) is 0.462. The highest BCUT2D eigenvalue weighted by Crippen LogP contribution is 2.28. The van der Waals surface area contributed by atoms with Gasteiger partial charge in [0.25, 0.3) is 0 Å². The average molecular weight is 444 g/mol. The van der Waals surface area contributed by atoms with Crippen LogP contribution in [0.5, 0.6) is 5.75 Å². The minimum Gasteiger partial charge on any atom is -0.497 e. The van der Waals surface area contributed by atoms with Crippen molar-refractivity contribution in [1.82, 2.24) is 24.9 Å². The van der Waals surface area contributed by atoms with Crippen LogP contribution in [0.3, 0.4) is 0 Å². The van der Waals surface area contributed by atoms with E-state index in [2.05, 4.69) is 45.1 Å². The molecular formula is C26H29N5O2. The molecule has 1 saturated heterocycles. The van der Waals surface area contributed by atoms with Gasteiger partial charge in [-0.15, -0.1) is 0 Å². The molecule has 1 N–H and O–H groups in total. The van der Waals surface area contributed by atoms with E-state index < -0.39 is 0 Å². The normalized spacial score (nSPS) is 18.2. The van der Waals surface area contributed by atoms with E-state index in [1.807, 2.05) is 47.8 Å². The molecule has 0 bridgehead atoms. The molecule has 1 aliphatic heterocycles. The monoisotopic (exact) mass is 443 g/mol. The number of hydrogen-bond donors (Lipinski definition) is 1. The lowest BCUT2D eigenvalue weighted by molar-refractivity contribution is -0.131. The predicted molar refractivity (Wildman–Crippen MR) is 128 cm³/mol. The summed E-state index contributed by atoms with van der Waals surface area (Å²) in [7, 11) is 1.66. The molecule has 7 nitrogen and oxygen atoms in total. The van der Waals surface area contributed by atoms with Crippen molar-refractivity contribution in [3.05, 3.63) is 66.6 Å². The zero-order chi connectivity index (χ0) is 22.8. The number of fused-ring (bicyclic) bond motifs is 1. The Balaban J connectivity index is 1.22. The number of aromatic amines is 1. The minimum absolute atomic E-state index is 0.225. The van der Waals surface area contributed by atoms with Crippen LogP contribution in [0.15, 0.2) is 61.1 Å². The van der Waals surface area contributed by atoms with Gasteiger partial charge in [-0.1, -0.05) is 18.2 Å². The van der Waals surface area contributed by atoms with Crippen molar-refractivity contribution < 1.29 is 9.53 Å². The molecule has 0 aliphatic carbocycles. The molecule has 0 saturated carbocycles. The second-order valence-corrected chi connectivity index (χ2v) is 8.94. The first-order valence-corrected chi connectivity index (χ1v) is 11.5. The Kier molecular flexibility index (Phi) is 5.86. The number of methoxy groups -OCH3 is 1. The van der Waals surface area contributed by atoms with Crippen molar-refractivity contribution >= 4 is 16.8 Å². The SMILES string of the molecule is COc1cccc(CCC(=O)N2CC(Cn3ncc4cc(-c5cn[nH]c5)ccc43)C[C@H]2C)c1. The molecule has 33 heavy (non-hydrogen) atoms. The predicted octanol–water partition coefficient (Wildman–Crippen LogP) is 4.30. The number of amides is 1.